The van der Waals surface area contributed by atoms with E-state index in [1.54, 1.807) is 29.9 Å². The summed E-state index contributed by atoms with van der Waals surface area (Å²) >= 11 is 1.76. The molecule has 0 spiro atoms. The van der Waals surface area contributed by atoms with E-state index in [1.165, 1.54) is 23.3 Å². The van der Waals surface area contributed by atoms with E-state index in [4.69, 9.17) is 9.97 Å². The lowest BCUT2D eigenvalue weighted by molar-refractivity contribution is 0.249. The summed E-state index contributed by atoms with van der Waals surface area (Å²) in [6.45, 7) is 4.26. The van der Waals surface area contributed by atoms with E-state index in [9.17, 15) is 5.11 Å². The molecule has 2 N–H and O–H groups in total. The molecule has 0 bridgehead atoms. The molecule has 1 atom stereocenters. The Hall–Kier alpha value is -2.12. The van der Waals surface area contributed by atoms with Crippen molar-refractivity contribution >= 4 is 27.4 Å². The van der Waals surface area contributed by atoms with Gasteiger partial charge in [0.2, 0.25) is 0 Å². The zero-order valence-electron chi connectivity index (χ0n) is 15.1. The normalized spacial score (nSPS) is 15.2. The van der Waals surface area contributed by atoms with Crippen LogP contribution >= 0.6 is 11.3 Å². The topological polar surface area (TPSA) is 83.8 Å². The second kappa shape index (κ2) is 7.25. The van der Waals surface area contributed by atoms with Gasteiger partial charge in [-0.25, -0.2) is 15.0 Å². The number of aliphatic hydroxyl groups excluding tert-OH is 1. The van der Waals surface area contributed by atoms with Gasteiger partial charge in [-0.1, -0.05) is 13.8 Å². The van der Waals surface area contributed by atoms with Crippen LogP contribution in [-0.4, -0.2) is 37.7 Å². The minimum atomic E-state index is -0.0538. The molecular weight excluding hydrogens is 346 g/mol. The summed E-state index contributed by atoms with van der Waals surface area (Å²) in [6, 6.07) is -0.0538. The number of hydrogen-bond donors (Lipinski definition) is 2. The molecule has 0 saturated heterocycles. The van der Waals surface area contributed by atoms with Crippen molar-refractivity contribution in [3.63, 3.8) is 0 Å². The summed E-state index contributed by atoms with van der Waals surface area (Å²) in [6.07, 6.45) is 9.61. The fraction of sp³-hybridized carbons (Fsp3) is 0.474. The molecular formula is C19H23N5OS. The van der Waals surface area contributed by atoms with E-state index in [0.717, 1.165) is 28.9 Å². The van der Waals surface area contributed by atoms with Crippen molar-refractivity contribution in [2.45, 2.75) is 45.6 Å². The van der Waals surface area contributed by atoms with Crippen LogP contribution < -0.4 is 5.32 Å². The Labute approximate surface area is 156 Å². The van der Waals surface area contributed by atoms with Crippen LogP contribution in [0.1, 0.15) is 37.1 Å². The molecule has 0 radical (unpaired) electrons. The Morgan fingerprint density at radius 3 is 2.77 bits per heavy atom. The number of aliphatic hydroxyl groups is 1. The molecule has 136 valence electrons. The Balaban J connectivity index is 1.89. The van der Waals surface area contributed by atoms with E-state index >= 15 is 0 Å². The standard InChI is InChI=1S/C19H23N5OS/c1-11(2)14(10-25)22-18-16-12-5-3-4-6-15(12)26-19(16)24-17(23-18)13-9-20-7-8-21-13/h7-9,11,14,25H,3-6,10H2,1-2H3,(H,22,23,24)/t14-/m1/s1. The molecule has 6 nitrogen and oxygen atoms in total. The molecule has 0 amide bonds. The SMILES string of the molecule is CC(C)[C@@H](CO)Nc1nc(-c2cnccn2)nc2sc3c(c12)CCCC3. The maximum atomic E-state index is 9.78. The van der Waals surface area contributed by atoms with Gasteiger partial charge in [-0.05, 0) is 37.2 Å². The zero-order chi connectivity index (χ0) is 18.1. The molecule has 4 rings (SSSR count). The molecule has 3 aromatic heterocycles. The number of fused-ring (bicyclic) bond motifs is 3. The Bertz CT molecular complexity index is 909. The first-order chi connectivity index (χ1) is 12.7. The van der Waals surface area contributed by atoms with Gasteiger partial charge in [-0.3, -0.25) is 4.98 Å². The van der Waals surface area contributed by atoms with Gasteiger partial charge in [-0.15, -0.1) is 11.3 Å². The first-order valence-electron chi connectivity index (χ1n) is 9.13. The fourth-order valence-electron chi connectivity index (χ4n) is 3.39. The minimum Gasteiger partial charge on any atom is -0.394 e. The fourth-order valence-corrected chi connectivity index (χ4v) is 4.65. The van der Waals surface area contributed by atoms with Gasteiger partial charge in [0.1, 0.15) is 16.3 Å². The van der Waals surface area contributed by atoms with Gasteiger partial charge >= 0.3 is 0 Å². The van der Waals surface area contributed by atoms with E-state index in [0.29, 0.717) is 17.4 Å². The average Bonchev–Trinajstić information content (AvgIpc) is 3.05. The number of nitrogens with one attached hydrogen (secondary N) is 1. The monoisotopic (exact) mass is 369 g/mol. The second-order valence-corrected chi connectivity index (χ2v) is 8.14. The smallest absolute Gasteiger partial charge is 0.183 e. The van der Waals surface area contributed by atoms with Crippen LogP contribution in [0.15, 0.2) is 18.6 Å². The van der Waals surface area contributed by atoms with Crippen LogP contribution in [0.4, 0.5) is 5.82 Å². The molecule has 26 heavy (non-hydrogen) atoms. The van der Waals surface area contributed by atoms with Gasteiger partial charge in [0.15, 0.2) is 5.82 Å². The minimum absolute atomic E-state index is 0.0538. The van der Waals surface area contributed by atoms with Crippen LogP contribution in [0.3, 0.4) is 0 Å². The Morgan fingerprint density at radius 2 is 2.04 bits per heavy atom. The summed E-state index contributed by atoms with van der Waals surface area (Å²) in [5, 5.41) is 14.4. The molecule has 0 unspecified atom stereocenters. The van der Waals surface area contributed by atoms with Crippen molar-refractivity contribution in [1.29, 1.82) is 0 Å². The molecule has 3 aromatic rings. The van der Waals surface area contributed by atoms with Crippen LogP contribution in [-0.2, 0) is 12.8 Å². The molecule has 1 aliphatic rings. The van der Waals surface area contributed by atoms with Crippen molar-refractivity contribution in [3.05, 3.63) is 29.0 Å². The molecule has 0 aliphatic heterocycles. The van der Waals surface area contributed by atoms with E-state index in [-0.39, 0.29) is 12.6 Å². The maximum absolute atomic E-state index is 9.78. The van der Waals surface area contributed by atoms with Crippen LogP contribution in [0.5, 0.6) is 0 Å². The van der Waals surface area contributed by atoms with E-state index in [2.05, 4.69) is 29.1 Å². The highest BCUT2D eigenvalue weighted by Crippen LogP contribution is 2.39. The second-order valence-electron chi connectivity index (χ2n) is 7.05. The van der Waals surface area contributed by atoms with Gasteiger partial charge in [0.25, 0.3) is 0 Å². The van der Waals surface area contributed by atoms with Crippen molar-refractivity contribution in [2.75, 3.05) is 11.9 Å². The van der Waals surface area contributed by atoms with Gasteiger partial charge in [-0.2, -0.15) is 0 Å². The highest BCUT2D eigenvalue weighted by atomic mass is 32.1. The lowest BCUT2D eigenvalue weighted by Crippen LogP contribution is -2.30. The number of nitrogens with zero attached hydrogens (tertiary/aromatic N) is 4. The number of aryl methyl sites for hydroxylation is 2. The maximum Gasteiger partial charge on any atom is 0.183 e. The van der Waals surface area contributed by atoms with Gasteiger partial charge in [0.05, 0.1) is 24.2 Å². The molecule has 3 heterocycles. The molecule has 0 aromatic carbocycles. The predicted molar refractivity (Wildman–Crippen MR) is 104 cm³/mol. The number of anilines is 1. The highest BCUT2D eigenvalue weighted by molar-refractivity contribution is 7.19. The summed E-state index contributed by atoms with van der Waals surface area (Å²) < 4.78 is 0. The third-order valence-corrected chi connectivity index (χ3v) is 6.12. The van der Waals surface area contributed by atoms with Crippen LogP contribution in [0.2, 0.25) is 0 Å². The van der Waals surface area contributed by atoms with Crippen molar-refractivity contribution in [1.82, 2.24) is 19.9 Å². The number of thiophene rings is 1. The van der Waals surface area contributed by atoms with Crippen LogP contribution in [0.25, 0.3) is 21.7 Å². The van der Waals surface area contributed by atoms with Crippen molar-refractivity contribution in [2.24, 2.45) is 5.92 Å². The van der Waals surface area contributed by atoms with E-state index < -0.39 is 0 Å². The third-order valence-electron chi connectivity index (χ3n) is 4.93. The summed E-state index contributed by atoms with van der Waals surface area (Å²) in [7, 11) is 0. The predicted octanol–water partition coefficient (Wildman–Crippen LogP) is 3.46. The largest absolute Gasteiger partial charge is 0.394 e. The van der Waals surface area contributed by atoms with Gasteiger partial charge in [0, 0.05) is 17.3 Å². The number of hydrogen-bond acceptors (Lipinski definition) is 7. The van der Waals surface area contributed by atoms with Crippen LogP contribution in [0, 0.1) is 5.92 Å². The quantitative estimate of drug-likeness (QED) is 0.717. The number of aromatic nitrogens is 4. The van der Waals surface area contributed by atoms with E-state index in [1.807, 2.05) is 0 Å². The lowest BCUT2D eigenvalue weighted by Gasteiger charge is -2.22. The molecule has 7 heteroatoms. The first-order valence-corrected chi connectivity index (χ1v) is 9.95. The zero-order valence-corrected chi connectivity index (χ0v) is 15.9. The average molecular weight is 369 g/mol. The molecule has 1 aliphatic carbocycles. The van der Waals surface area contributed by atoms with Crippen molar-refractivity contribution < 1.29 is 5.11 Å². The van der Waals surface area contributed by atoms with Crippen molar-refractivity contribution in [3.8, 4) is 11.5 Å². The highest BCUT2D eigenvalue weighted by Gasteiger charge is 2.23. The Kier molecular flexibility index (Phi) is 4.82. The van der Waals surface area contributed by atoms with Gasteiger partial charge < -0.3 is 10.4 Å². The first kappa shape index (κ1) is 17.3. The number of rotatable bonds is 5. The molecule has 0 fully saturated rings. The summed E-state index contributed by atoms with van der Waals surface area (Å²) in [5.41, 5.74) is 2.04. The Morgan fingerprint density at radius 1 is 1.19 bits per heavy atom. The third kappa shape index (κ3) is 3.17. The lowest BCUT2D eigenvalue weighted by atomic mass is 9.96. The summed E-state index contributed by atoms with van der Waals surface area (Å²) in [5.74, 6) is 1.68. The molecule has 0 saturated carbocycles. The summed E-state index contributed by atoms with van der Waals surface area (Å²) in [4.78, 5) is 20.5.